The Morgan fingerprint density at radius 3 is 2.15 bits per heavy atom. The van der Waals surface area contributed by atoms with E-state index in [0.29, 0.717) is 0 Å². The fourth-order valence-corrected chi connectivity index (χ4v) is 7.28. The second-order valence-electron chi connectivity index (χ2n) is 11.3. The molecular weight excluding hydrogens is 502 g/mol. The van der Waals surface area contributed by atoms with E-state index in [1.807, 2.05) is 6.07 Å². The summed E-state index contributed by atoms with van der Waals surface area (Å²) in [7, 11) is 0. The van der Waals surface area contributed by atoms with Gasteiger partial charge in [0.15, 0.2) is 11.2 Å². The van der Waals surface area contributed by atoms with Gasteiger partial charge in [0.1, 0.15) is 11.3 Å². The summed E-state index contributed by atoms with van der Waals surface area (Å²) < 4.78 is 15.8. The second kappa shape index (κ2) is 7.47. The van der Waals surface area contributed by atoms with Crippen LogP contribution in [-0.4, -0.2) is 4.40 Å². The van der Waals surface area contributed by atoms with Gasteiger partial charge in [0.2, 0.25) is 0 Å². The molecule has 0 unspecified atom stereocenters. The zero-order valence-corrected chi connectivity index (χ0v) is 22.4. The van der Waals surface area contributed by atoms with Crippen molar-refractivity contribution in [2.24, 2.45) is 0 Å². The van der Waals surface area contributed by atoms with Gasteiger partial charge in [-0.3, -0.25) is 0 Å². The molecule has 3 nitrogen and oxygen atoms in total. The highest BCUT2D eigenvalue weighted by atomic mass is 16.3. The van der Waals surface area contributed by atoms with Crippen LogP contribution >= 0.6 is 0 Å². The predicted octanol–water partition coefficient (Wildman–Crippen LogP) is 10.6. The molecular formula is C38H23NO2. The highest BCUT2D eigenvalue weighted by Gasteiger charge is 2.26. The molecule has 192 valence electrons. The highest BCUT2D eigenvalue weighted by molar-refractivity contribution is 6.31. The number of hydrogen-bond acceptors (Lipinski definition) is 2. The molecule has 0 fully saturated rings. The first-order valence-corrected chi connectivity index (χ1v) is 14.2. The topological polar surface area (TPSA) is 30.7 Å². The van der Waals surface area contributed by atoms with E-state index in [9.17, 15) is 0 Å². The minimum Gasteiger partial charge on any atom is -0.458 e. The number of allylic oxidation sites excluding steroid dienone is 3. The maximum atomic E-state index is 6.75. The Kier molecular flexibility index (Phi) is 3.92. The van der Waals surface area contributed by atoms with E-state index < -0.39 is 0 Å². The van der Waals surface area contributed by atoms with Crippen molar-refractivity contribution >= 4 is 77.1 Å². The maximum absolute atomic E-state index is 6.75. The Hall–Kier alpha value is -5.28. The first-order chi connectivity index (χ1) is 20.3. The quantitative estimate of drug-likeness (QED) is 0.213. The van der Waals surface area contributed by atoms with Gasteiger partial charge in [0.05, 0.1) is 16.6 Å². The Bertz CT molecular complexity index is 2620. The molecule has 0 atom stereocenters. The monoisotopic (exact) mass is 525 g/mol. The molecule has 1 aliphatic rings. The van der Waals surface area contributed by atoms with Crippen molar-refractivity contribution in [2.45, 2.75) is 13.3 Å². The van der Waals surface area contributed by atoms with Gasteiger partial charge in [0, 0.05) is 49.7 Å². The molecule has 0 saturated heterocycles. The van der Waals surface area contributed by atoms with Crippen LogP contribution in [0, 0.1) is 6.92 Å². The van der Waals surface area contributed by atoms with Gasteiger partial charge >= 0.3 is 0 Å². The summed E-state index contributed by atoms with van der Waals surface area (Å²) in [6.45, 7) is 2.19. The van der Waals surface area contributed by atoms with Gasteiger partial charge in [-0.2, -0.15) is 0 Å². The lowest BCUT2D eigenvalue weighted by Crippen LogP contribution is -1.83. The van der Waals surface area contributed by atoms with Crippen LogP contribution in [0.25, 0.3) is 88.2 Å². The summed E-state index contributed by atoms with van der Waals surface area (Å²) in [6, 6.07) is 30.7. The van der Waals surface area contributed by atoms with E-state index in [1.54, 1.807) is 0 Å². The van der Waals surface area contributed by atoms with E-state index in [0.717, 1.165) is 56.1 Å². The molecule has 0 bridgehead atoms. The van der Waals surface area contributed by atoms with Gasteiger partial charge in [-0.05, 0) is 53.9 Å². The van der Waals surface area contributed by atoms with Crippen molar-refractivity contribution in [2.75, 3.05) is 0 Å². The maximum Gasteiger partial charge on any atom is 0.160 e. The third-order valence-corrected chi connectivity index (χ3v) is 9.10. The average Bonchev–Trinajstić information content (AvgIpc) is 3.69. The zero-order valence-electron chi connectivity index (χ0n) is 22.4. The number of benzene rings is 5. The zero-order chi connectivity index (χ0) is 26.8. The van der Waals surface area contributed by atoms with Crippen molar-refractivity contribution in [1.82, 2.24) is 4.40 Å². The lowest BCUT2D eigenvalue weighted by atomic mass is 9.96. The molecule has 0 N–H and O–H groups in total. The standard InChI is InChI=1S/C38H23NO2/c1-21-9-5-6-10-23(21)22-19-30-26-15-17-28-24-11-3-2-4-13-32(24)40-37(28)35(26)39-34(30)31(20-22)27-16-18-29-25-12-7-8-14-33(25)41-38(29)36(27)39/h2-12,14-20H,13H2,1H3. The molecule has 0 aliphatic heterocycles. The Labute approximate surface area is 234 Å². The van der Waals surface area contributed by atoms with Gasteiger partial charge < -0.3 is 13.2 Å². The fourth-order valence-electron chi connectivity index (χ4n) is 7.28. The first kappa shape index (κ1) is 21.5. The summed E-state index contributed by atoms with van der Waals surface area (Å²) in [5.74, 6) is 1.01. The third-order valence-electron chi connectivity index (χ3n) is 9.10. The summed E-state index contributed by atoms with van der Waals surface area (Å²) in [5, 5.41) is 8.29. The van der Waals surface area contributed by atoms with Crippen LogP contribution in [0.1, 0.15) is 16.9 Å². The Morgan fingerprint density at radius 1 is 0.610 bits per heavy atom. The van der Waals surface area contributed by atoms with Gasteiger partial charge in [0.25, 0.3) is 0 Å². The van der Waals surface area contributed by atoms with E-state index in [2.05, 4.69) is 114 Å². The molecule has 0 amide bonds. The number of para-hydroxylation sites is 1. The normalized spacial score (nSPS) is 13.7. The average molecular weight is 526 g/mol. The van der Waals surface area contributed by atoms with Crippen LogP contribution in [0.3, 0.4) is 0 Å². The van der Waals surface area contributed by atoms with Crippen molar-refractivity contribution in [1.29, 1.82) is 0 Å². The largest absolute Gasteiger partial charge is 0.458 e. The number of furan rings is 2. The van der Waals surface area contributed by atoms with Gasteiger partial charge in [-0.25, -0.2) is 0 Å². The van der Waals surface area contributed by atoms with Crippen molar-refractivity contribution in [3.8, 4) is 11.1 Å². The lowest BCUT2D eigenvalue weighted by molar-refractivity contribution is 0.566. The number of nitrogens with zero attached hydrogens (tertiary/aromatic N) is 1. The molecule has 1 aliphatic carbocycles. The van der Waals surface area contributed by atoms with E-state index in [1.165, 1.54) is 49.3 Å². The number of hydrogen-bond donors (Lipinski definition) is 0. The Balaban J connectivity index is 1.48. The van der Waals surface area contributed by atoms with Crippen LogP contribution in [0.2, 0.25) is 0 Å². The lowest BCUT2D eigenvalue weighted by Gasteiger charge is -2.07. The number of rotatable bonds is 1. The van der Waals surface area contributed by atoms with E-state index in [4.69, 9.17) is 8.83 Å². The van der Waals surface area contributed by atoms with Gasteiger partial charge in [-0.15, -0.1) is 0 Å². The SMILES string of the molecule is Cc1ccccc1-c1cc2c3ccc4c5c(oc4c3n3c2c(c1)c1ccc2c4ccccc4oc2c13)CC=CC=C5. The second-order valence-corrected chi connectivity index (χ2v) is 11.3. The Morgan fingerprint density at radius 2 is 1.32 bits per heavy atom. The summed E-state index contributed by atoms with van der Waals surface area (Å²) in [5.41, 5.74) is 11.1. The molecule has 0 radical (unpaired) electrons. The number of fused-ring (bicyclic) bond motifs is 14. The number of aromatic nitrogens is 1. The van der Waals surface area contributed by atoms with Crippen LogP contribution in [0.5, 0.6) is 0 Å². The van der Waals surface area contributed by atoms with Crippen molar-refractivity contribution in [3.63, 3.8) is 0 Å². The van der Waals surface area contributed by atoms with E-state index >= 15 is 0 Å². The van der Waals surface area contributed by atoms with Crippen molar-refractivity contribution < 1.29 is 8.83 Å². The molecule has 4 aromatic heterocycles. The molecule has 0 saturated carbocycles. The predicted molar refractivity (Wildman–Crippen MR) is 170 cm³/mol. The van der Waals surface area contributed by atoms with Crippen LogP contribution in [-0.2, 0) is 6.42 Å². The molecule has 0 spiro atoms. The molecule has 41 heavy (non-hydrogen) atoms. The molecule has 4 heterocycles. The minimum atomic E-state index is 0.784. The third kappa shape index (κ3) is 2.64. The smallest absolute Gasteiger partial charge is 0.160 e. The summed E-state index contributed by atoms with van der Waals surface area (Å²) in [4.78, 5) is 0. The minimum absolute atomic E-state index is 0.784. The van der Waals surface area contributed by atoms with Gasteiger partial charge in [-0.1, -0.05) is 78.9 Å². The molecule has 10 rings (SSSR count). The molecule has 3 heteroatoms. The summed E-state index contributed by atoms with van der Waals surface area (Å²) >= 11 is 0. The van der Waals surface area contributed by atoms with Crippen LogP contribution in [0.4, 0.5) is 0 Å². The van der Waals surface area contributed by atoms with Crippen molar-refractivity contribution in [3.05, 3.63) is 120 Å². The fraction of sp³-hybridized carbons (Fsp3) is 0.0526. The summed E-state index contributed by atoms with van der Waals surface area (Å²) in [6.07, 6.45) is 9.33. The van der Waals surface area contributed by atoms with E-state index in [-0.39, 0.29) is 0 Å². The molecule has 9 aromatic rings. The van der Waals surface area contributed by atoms with Crippen LogP contribution in [0.15, 0.2) is 112 Å². The highest BCUT2D eigenvalue weighted by Crippen LogP contribution is 2.47. The molecule has 5 aromatic carbocycles. The first-order valence-electron chi connectivity index (χ1n) is 14.2. The van der Waals surface area contributed by atoms with Crippen LogP contribution < -0.4 is 0 Å². The number of aryl methyl sites for hydroxylation is 1.